The highest BCUT2D eigenvalue weighted by Gasteiger charge is 2.34. The number of aromatic nitrogens is 2. The maximum absolute atomic E-state index is 13.0. The molecule has 0 N–H and O–H groups in total. The molecule has 154 valence electrons. The van der Waals surface area contributed by atoms with Gasteiger partial charge in [0.25, 0.3) is 15.9 Å². The quantitative estimate of drug-likeness (QED) is 0.750. The zero-order valence-corrected chi connectivity index (χ0v) is 17.3. The van der Waals surface area contributed by atoms with Gasteiger partial charge < -0.3 is 13.7 Å². The second kappa shape index (κ2) is 7.96. The Hall–Kier alpha value is -1.71. The molecule has 0 saturated carbocycles. The molecule has 0 atom stereocenters. The van der Waals surface area contributed by atoms with Crippen LogP contribution in [0.5, 0.6) is 0 Å². The van der Waals surface area contributed by atoms with Crippen LogP contribution >= 0.6 is 0 Å². The van der Waals surface area contributed by atoms with Crippen molar-refractivity contribution in [1.82, 2.24) is 19.4 Å². The number of rotatable bonds is 5. The SMILES string of the molecule is CC(C)c1nnc(-c2coc(S(=O)(=O)N3CCC(N4CCCCC4)CC3)c2)o1. The number of sulfonamides is 1. The van der Waals surface area contributed by atoms with Gasteiger partial charge in [0.2, 0.25) is 11.0 Å². The minimum Gasteiger partial charge on any atom is -0.451 e. The molecule has 4 rings (SSSR count). The van der Waals surface area contributed by atoms with Crippen molar-refractivity contribution in [2.75, 3.05) is 26.2 Å². The Morgan fingerprint density at radius 2 is 1.79 bits per heavy atom. The summed E-state index contributed by atoms with van der Waals surface area (Å²) < 4.78 is 38.5. The van der Waals surface area contributed by atoms with E-state index in [0.29, 0.717) is 30.6 Å². The fraction of sp³-hybridized carbons (Fsp3) is 0.684. The first kappa shape index (κ1) is 19.6. The molecule has 0 bridgehead atoms. The molecule has 4 heterocycles. The molecule has 2 aliphatic rings. The summed E-state index contributed by atoms with van der Waals surface area (Å²) in [5, 5.41) is 7.90. The third-order valence-corrected chi connectivity index (χ3v) is 7.45. The van der Waals surface area contributed by atoms with Crippen LogP contribution in [0.15, 0.2) is 26.3 Å². The Labute approximate surface area is 165 Å². The van der Waals surface area contributed by atoms with E-state index < -0.39 is 10.0 Å². The molecule has 0 spiro atoms. The molecule has 2 aromatic heterocycles. The first-order chi connectivity index (χ1) is 13.4. The molecular weight excluding hydrogens is 380 g/mol. The van der Waals surface area contributed by atoms with Crippen molar-refractivity contribution in [3.05, 3.63) is 18.2 Å². The molecule has 0 radical (unpaired) electrons. The summed E-state index contributed by atoms with van der Waals surface area (Å²) in [6.07, 6.45) is 6.92. The monoisotopic (exact) mass is 408 g/mol. The number of hydrogen-bond acceptors (Lipinski definition) is 7. The Morgan fingerprint density at radius 1 is 1.07 bits per heavy atom. The molecular formula is C19H28N4O4S. The minimum atomic E-state index is -3.65. The van der Waals surface area contributed by atoms with E-state index in [4.69, 9.17) is 8.83 Å². The standard InChI is InChI=1S/C19H28N4O4S/c1-14(2)18-20-21-19(27-18)15-12-17(26-13-15)28(24,25)23-10-6-16(7-11-23)22-8-4-3-5-9-22/h12-14,16H,3-11H2,1-2H3. The maximum atomic E-state index is 13.0. The van der Waals surface area contributed by atoms with Crippen molar-refractivity contribution in [2.24, 2.45) is 0 Å². The van der Waals surface area contributed by atoms with Gasteiger partial charge in [0, 0.05) is 31.1 Å². The smallest absolute Gasteiger partial charge is 0.276 e. The van der Waals surface area contributed by atoms with Crippen LogP contribution in [0.3, 0.4) is 0 Å². The van der Waals surface area contributed by atoms with Gasteiger partial charge in [0.15, 0.2) is 0 Å². The number of nitrogens with zero attached hydrogens (tertiary/aromatic N) is 4. The van der Waals surface area contributed by atoms with E-state index in [-0.39, 0.29) is 16.9 Å². The highest BCUT2D eigenvalue weighted by Crippen LogP contribution is 2.29. The average Bonchev–Trinajstić information content (AvgIpc) is 3.39. The van der Waals surface area contributed by atoms with Crippen molar-refractivity contribution in [3.8, 4) is 11.5 Å². The van der Waals surface area contributed by atoms with Crippen LogP contribution in [-0.4, -0.2) is 60.0 Å². The molecule has 0 unspecified atom stereocenters. The van der Waals surface area contributed by atoms with Crippen LogP contribution in [0.2, 0.25) is 0 Å². The van der Waals surface area contributed by atoms with Gasteiger partial charge in [-0.3, -0.25) is 0 Å². The van der Waals surface area contributed by atoms with E-state index >= 15 is 0 Å². The van der Waals surface area contributed by atoms with Gasteiger partial charge in [-0.15, -0.1) is 10.2 Å². The zero-order chi connectivity index (χ0) is 19.7. The van der Waals surface area contributed by atoms with Gasteiger partial charge in [0.1, 0.15) is 6.26 Å². The first-order valence-electron chi connectivity index (χ1n) is 10.1. The fourth-order valence-corrected chi connectivity index (χ4v) is 5.40. The van der Waals surface area contributed by atoms with Crippen LogP contribution in [0.4, 0.5) is 0 Å². The van der Waals surface area contributed by atoms with E-state index in [1.807, 2.05) is 13.8 Å². The molecule has 8 nitrogen and oxygen atoms in total. The normalized spacial score (nSPS) is 20.8. The molecule has 0 aliphatic carbocycles. The summed E-state index contributed by atoms with van der Waals surface area (Å²) in [7, 11) is -3.65. The predicted molar refractivity (Wildman–Crippen MR) is 103 cm³/mol. The molecule has 0 aromatic carbocycles. The van der Waals surface area contributed by atoms with E-state index in [1.54, 1.807) is 0 Å². The molecule has 0 amide bonds. The second-order valence-corrected chi connectivity index (χ2v) is 9.86. The van der Waals surface area contributed by atoms with Gasteiger partial charge in [-0.1, -0.05) is 20.3 Å². The Kier molecular flexibility index (Phi) is 5.57. The van der Waals surface area contributed by atoms with Crippen LogP contribution in [0, 0.1) is 0 Å². The number of piperidine rings is 2. The predicted octanol–water partition coefficient (Wildman–Crippen LogP) is 3.09. The molecule has 2 aromatic rings. The molecule has 2 aliphatic heterocycles. The van der Waals surface area contributed by atoms with Crippen molar-refractivity contribution < 1.29 is 17.3 Å². The third-order valence-electron chi connectivity index (χ3n) is 5.68. The Balaban J connectivity index is 1.43. The lowest BCUT2D eigenvalue weighted by atomic mass is 10.0. The first-order valence-corrected chi connectivity index (χ1v) is 11.6. The van der Waals surface area contributed by atoms with Gasteiger partial charge in [-0.25, -0.2) is 8.42 Å². The van der Waals surface area contributed by atoms with E-state index in [1.165, 1.54) is 35.9 Å². The highest BCUT2D eigenvalue weighted by atomic mass is 32.2. The minimum absolute atomic E-state index is 0.0665. The summed E-state index contributed by atoms with van der Waals surface area (Å²) in [5.41, 5.74) is 0.487. The van der Waals surface area contributed by atoms with Crippen LogP contribution in [0.25, 0.3) is 11.5 Å². The largest absolute Gasteiger partial charge is 0.451 e. The van der Waals surface area contributed by atoms with Crippen LogP contribution < -0.4 is 0 Å². The summed E-state index contributed by atoms with van der Waals surface area (Å²) in [5.74, 6) is 0.899. The lowest BCUT2D eigenvalue weighted by molar-refractivity contribution is 0.117. The van der Waals surface area contributed by atoms with Crippen molar-refractivity contribution in [2.45, 2.75) is 63.0 Å². The summed E-state index contributed by atoms with van der Waals surface area (Å²) in [6, 6.07) is 1.97. The molecule has 28 heavy (non-hydrogen) atoms. The lowest BCUT2D eigenvalue weighted by Gasteiger charge is -2.39. The maximum Gasteiger partial charge on any atom is 0.276 e. The Morgan fingerprint density at radius 3 is 2.43 bits per heavy atom. The lowest BCUT2D eigenvalue weighted by Crippen LogP contribution is -2.48. The van der Waals surface area contributed by atoms with E-state index in [9.17, 15) is 8.42 Å². The number of hydrogen-bond donors (Lipinski definition) is 0. The molecule has 9 heteroatoms. The molecule has 2 fully saturated rings. The topological polar surface area (TPSA) is 92.7 Å². The van der Waals surface area contributed by atoms with E-state index in [2.05, 4.69) is 15.1 Å². The van der Waals surface area contributed by atoms with Gasteiger partial charge in [-0.2, -0.15) is 4.31 Å². The highest BCUT2D eigenvalue weighted by molar-refractivity contribution is 7.89. The molecule has 2 saturated heterocycles. The van der Waals surface area contributed by atoms with Gasteiger partial charge >= 0.3 is 0 Å². The average molecular weight is 409 g/mol. The summed E-state index contributed by atoms with van der Waals surface area (Å²) in [6.45, 7) is 7.24. The fourth-order valence-electron chi connectivity index (χ4n) is 4.01. The van der Waals surface area contributed by atoms with Crippen molar-refractivity contribution in [3.63, 3.8) is 0 Å². The van der Waals surface area contributed by atoms with Gasteiger partial charge in [0.05, 0.1) is 5.56 Å². The third kappa shape index (κ3) is 3.88. The zero-order valence-electron chi connectivity index (χ0n) is 16.5. The van der Waals surface area contributed by atoms with Crippen molar-refractivity contribution >= 4 is 10.0 Å². The Bertz CT molecular complexity index is 891. The number of furan rings is 1. The second-order valence-electron chi connectivity index (χ2n) is 7.99. The summed E-state index contributed by atoms with van der Waals surface area (Å²) >= 11 is 0. The van der Waals surface area contributed by atoms with Crippen LogP contribution in [-0.2, 0) is 10.0 Å². The van der Waals surface area contributed by atoms with Gasteiger partial charge in [-0.05, 0) is 38.8 Å². The van der Waals surface area contributed by atoms with Crippen LogP contribution in [0.1, 0.15) is 57.8 Å². The summed E-state index contributed by atoms with van der Waals surface area (Å²) in [4.78, 5) is 2.53. The van der Waals surface area contributed by atoms with Crippen molar-refractivity contribution in [1.29, 1.82) is 0 Å². The number of likely N-dealkylation sites (tertiary alicyclic amines) is 1. The van der Waals surface area contributed by atoms with E-state index in [0.717, 1.165) is 25.9 Å².